The number of aliphatic hydroxyl groups excluding tert-OH is 5. The van der Waals surface area contributed by atoms with Crippen molar-refractivity contribution in [3.8, 4) is 0 Å². The third-order valence-electron chi connectivity index (χ3n) is 18.5. The van der Waals surface area contributed by atoms with E-state index in [0.29, 0.717) is 12.8 Å². The van der Waals surface area contributed by atoms with Crippen LogP contribution in [0, 0.1) is 0 Å². The maximum atomic E-state index is 13.2. The number of unbranched alkanes of at least 4 members (excludes halogenated alkanes) is 45. The van der Waals surface area contributed by atoms with Crippen LogP contribution >= 0.6 is 0 Å². The van der Waals surface area contributed by atoms with Gasteiger partial charge in [0, 0.05) is 6.42 Å². The fraction of sp³-hybridized carbons (Fsp3) is 0.817. The lowest BCUT2D eigenvalue weighted by Crippen LogP contribution is -2.60. The Morgan fingerprint density at radius 1 is 0.385 bits per heavy atom. The van der Waals surface area contributed by atoms with E-state index in [1.165, 1.54) is 263 Å². The van der Waals surface area contributed by atoms with E-state index in [2.05, 4.69) is 104 Å². The number of hydrogen-bond donors (Lipinski definition) is 6. The van der Waals surface area contributed by atoms with Gasteiger partial charge in [0.15, 0.2) is 6.29 Å². The highest BCUT2D eigenvalue weighted by Gasteiger charge is 2.44. The Hall–Kier alpha value is -2.63. The standard InChI is InChI=1S/C82H149NO8/c1-3-5-7-9-11-13-15-17-19-21-23-25-27-29-31-33-35-36-37-38-39-40-42-44-46-48-50-52-54-56-58-60-62-64-66-68-70-72-78(86)83-75(74-90-82-81(89)80(88)79(87)77(73-84)91-82)76(85)71-69-67-65-63-61-59-57-55-53-51-49-47-45-43-41-34-32-30-28-26-24-22-20-18-16-14-12-10-8-6-4-2/h5,7,11,13,17,19,23,25,29,31,35-36,38-39,75-77,79-82,84-85,87-89H,3-4,6,8-10,12,14-16,18,20-22,24,26-28,30,32-34,37,40-74H2,1-2H3,(H,83,86)/b7-5-,13-11-,19-17-,25-23-,31-29-,36-35-,39-38-. The van der Waals surface area contributed by atoms with Crippen LogP contribution in [-0.2, 0) is 14.3 Å². The van der Waals surface area contributed by atoms with Gasteiger partial charge in [-0.3, -0.25) is 4.79 Å². The molecule has 1 aliphatic rings. The molecule has 1 amide bonds. The summed E-state index contributed by atoms with van der Waals surface area (Å²) >= 11 is 0. The van der Waals surface area contributed by atoms with Crippen LogP contribution in [0.25, 0.3) is 0 Å². The minimum Gasteiger partial charge on any atom is -0.394 e. The molecule has 9 heteroatoms. The van der Waals surface area contributed by atoms with Crippen LogP contribution in [0.3, 0.4) is 0 Å². The van der Waals surface area contributed by atoms with Crippen molar-refractivity contribution in [1.29, 1.82) is 0 Å². The number of carbonyl (C=O) groups is 1. The van der Waals surface area contributed by atoms with Gasteiger partial charge in [-0.1, -0.05) is 381 Å². The van der Waals surface area contributed by atoms with E-state index >= 15 is 0 Å². The minimum absolute atomic E-state index is 0.138. The fourth-order valence-corrected chi connectivity index (χ4v) is 12.4. The minimum atomic E-state index is -1.56. The van der Waals surface area contributed by atoms with E-state index in [-0.39, 0.29) is 12.5 Å². The Labute approximate surface area is 562 Å². The van der Waals surface area contributed by atoms with Crippen molar-refractivity contribution in [3.05, 3.63) is 85.1 Å². The number of hydrogen-bond acceptors (Lipinski definition) is 8. The van der Waals surface area contributed by atoms with Gasteiger partial charge in [-0.25, -0.2) is 0 Å². The van der Waals surface area contributed by atoms with Gasteiger partial charge in [0.25, 0.3) is 0 Å². The summed E-state index contributed by atoms with van der Waals surface area (Å²) in [5.41, 5.74) is 0. The molecule has 7 unspecified atom stereocenters. The van der Waals surface area contributed by atoms with Gasteiger partial charge in [0.1, 0.15) is 24.4 Å². The molecule has 0 spiro atoms. The van der Waals surface area contributed by atoms with Crippen LogP contribution < -0.4 is 5.32 Å². The maximum Gasteiger partial charge on any atom is 0.220 e. The summed E-state index contributed by atoms with van der Waals surface area (Å²) in [5, 5.41) is 55.1. The molecule has 0 bridgehead atoms. The first-order valence-corrected chi connectivity index (χ1v) is 39.3. The van der Waals surface area contributed by atoms with Crippen molar-refractivity contribution >= 4 is 5.91 Å². The Balaban J connectivity index is 2.08. The van der Waals surface area contributed by atoms with Gasteiger partial charge in [0.05, 0.1) is 25.4 Å². The van der Waals surface area contributed by atoms with Crippen molar-refractivity contribution in [2.24, 2.45) is 0 Å². The molecule has 6 N–H and O–H groups in total. The lowest BCUT2D eigenvalue weighted by Gasteiger charge is -2.40. The normalized spacial score (nSPS) is 18.2. The fourth-order valence-electron chi connectivity index (χ4n) is 12.4. The van der Waals surface area contributed by atoms with Gasteiger partial charge < -0.3 is 40.3 Å². The molecule has 91 heavy (non-hydrogen) atoms. The second-order valence-electron chi connectivity index (χ2n) is 27.1. The van der Waals surface area contributed by atoms with Crippen molar-refractivity contribution in [3.63, 3.8) is 0 Å². The Kier molecular flexibility index (Phi) is 66.6. The van der Waals surface area contributed by atoms with Crippen LogP contribution in [0.15, 0.2) is 85.1 Å². The van der Waals surface area contributed by atoms with Gasteiger partial charge in [-0.05, 0) is 70.6 Å². The third kappa shape index (κ3) is 58.5. The van der Waals surface area contributed by atoms with E-state index in [4.69, 9.17) is 9.47 Å². The monoisotopic (exact) mass is 1280 g/mol. The van der Waals surface area contributed by atoms with E-state index in [0.717, 1.165) is 83.5 Å². The molecule has 0 aromatic carbocycles. The van der Waals surface area contributed by atoms with Crippen LogP contribution in [0.5, 0.6) is 0 Å². The molecule has 0 radical (unpaired) electrons. The first-order chi connectivity index (χ1) is 44.8. The van der Waals surface area contributed by atoms with Crippen LogP contribution in [0.4, 0.5) is 0 Å². The van der Waals surface area contributed by atoms with Crippen LogP contribution in [0.1, 0.15) is 373 Å². The summed E-state index contributed by atoms with van der Waals surface area (Å²) in [7, 11) is 0. The van der Waals surface area contributed by atoms with Crippen LogP contribution in [0.2, 0.25) is 0 Å². The van der Waals surface area contributed by atoms with Gasteiger partial charge >= 0.3 is 0 Å². The van der Waals surface area contributed by atoms with E-state index in [1.807, 2.05) is 0 Å². The predicted molar refractivity (Wildman–Crippen MR) is 392 cm³/mol. The summed E-state index contributed by atoms with van der Waals surface area (Å²) < 4.78 is 11.4. The molecule has 1 saturated heterocycles. The van der Waals surface area contributed by atoms with Gasteiger partial charge in [-0.15, -0.1) is 0 Å². The zero-order valence-electron chi connectivity index (χ0n) is 59.6. The lowest BCUT2D eigenvalue weighted by atomic mass is 9.99. The second kappa shape index (κ2) is 70.2. The van der Waals surface area contributed by atoms with Crippen LogP contribution in [-0.4, -0.2) is 87.5 Å². The van der Waals surface area contributed by atoms with E-state index < -0.39 is 49.5 Å². The van der Waals surface area contributed by atoms with Crippen molar-refractivity contribution in [1.82, 2.24) is 5.32 Å². The molecule has 1 rings (SSSR count). The average molecular weight is 1280 g/mol. The molecule has 9 nitrogen and oxygen atoms in total. The van der Waals surface area contributed by atoms with Gasteiger partial charge in [-0.2, -0.15) is 0 Å². The van der Waals surface area contributed by atoms with E-state index in [1.54, 1.807) is 0 Å². The molecule has 1 fully saturated rings. The highest BCUT2D eigenvalue weighted by Crippen LogP contribution is 2.24. The number of nitrogens with one attached hydrogen (secondary N) is 1. The van der Waals surface area contributed by atoms with Crippen molar-refractivity contribution in [2.45, 2.75) is 416 Å². The van der Waals surface area contributed by atoms with Crippen molar-refractivity contribution in [2.75, 3.05) is 13.2 Å². The quantitative estimate of drug-likeness (QED) is 0.0261. The molecule has 0 aromatic heterocycles. The number of ether oxygens (including phenoxy) is 2. The number of amides is 1. The molecule has 1 aliphatic heterocycles. The smallest absolute Gasteiger partial charge is 0.220 e. The largest absolute Gasteiger partial charge is 0.394 e. The highest BCUT2D eigenvalue weighted by molar-refractivity contribution is 5.76. The molecular weight excluding hydrogens is 1130 g/mol. The molecule has 1 heterocycles. The summed E-state index contributed by atoms with van der Waals surface area (Å²) in [6.07, 6.45) is 93.9. The zero-order valence-corrected chi connectivity index (χ0v) is 59.6. The summed E-state index contributed by atoms with van der Waals surface area (Å²) in [5.74, 6) is -0.141. The SMILES string of the molecule is CC/C=C\C/C=C\C/C=C\C/C=C\C/C=C\C/C=C\C/C=C\CCCCCCCCCCCCCCCCCC(=O)NC(COC1OC(CO)C(O)C(O)C1O)C(O)CCCCCCCCCCCCCCCCCCCCCCCCCCCCCCCCC. The Morgan fingerprint density at radius 2 is 0.681 bits per heavy atom. The number of carbonyl (C=O) groups excluding carboxylic acids is 1. The highest BCUT2D eigenvalue weighted by atomic mass is 16.7. The summed E-state index contributed by atoms with van der Waals surface area (Å²) in [6, 6.07) is -0.725. The molecule has 0 aromatic rings. The van der Waals surface area contributed by atoms with Gasteiger partial charge in [0.2, 0.25) is 5.91 Å². The van der Waals surface area contributed by atoms with E-state index in [9.17, 15) is 30.3 Å². The molecule has 7 atom stereocenters. The number of aliphatic hydroxyl groups is 5. The predicted octanol–water partition coefficient (Wildman–Crippen LogP) is 22.4. The Bertz CT molecular complexity index is 1720. The lowest BCUT2D eigenvalue weighted by molar-refractivity contribution is -0.302. The second-order valence-corrected chi connectivity index (χ2v) is 27.1. The zero-order chi connectivity index (χ0) is 65.7. The topological polar surface area (TPSA) is 149 Å². The molecule has 0 aliphatic carbocycles. The van der Waals surface area contributed by atoms with Crippen molar-refractivity contribution < 1.29 is 39.8 Å². The third-order valence-corrected chi connectivity index (χ3v) is 18.5. The number of allylic oxidation sites excluding steroid dienone is 14. The average Bonchev–Trinajstić information content (AvgIpc) is 1.70. The maximum absolute atomic E-state index is 13.2. The Morgan fingerprint density at radius 3 is 1.01 bits per heavy atom. The first-order valence-electron chi connectivity index (χ1n) is 39.3. The molecule has 530 valence electrons. The first kappa shape index (κ1) is 86.4. The summed E-state index contributed by atoms with van der Waals surface area (Å²) in [4.78, 5) is 13.2. The molecule has 0 saturated carbocycles. The summed E-state index contributed by atoms with van der Waals surface area (Å²) in [6.45, 7) is 3.77. The number of rotatable bonds is 69. The molecular formula is C82H149NO8.